The number of ether oxygens (including phenoxy) is 2. The number of nitrogens with zero attached hydrogens (tertiary/aromatic N) is 1. The van der Waals surface area contributed by atoms with E-state index in [1.165, 1.54) is 12.3 Å². The van der Waals surface area contributed by atoms with Gasteiger partial charge in [0, 0.05) is 21.4 Å². The SMILES string of the molecule is CCOc1cc(/C=N\NC(=O)C(=O)Nc2cccc(Cl)c2)cc(I)c1OCC(=O)Nc1cc(Cl)ccc1C. The van der Waals surface area contributed by atoms with Crippen molar-refractivity contribution in [3.05, 3.63) is 79.3 Å². The number of halogens is 3. The molecule has 3 aromatic rings. The van der Waals surface area contributed by atoms with Gasteiger partial charge in [-0.3, -0.25) is 14.4 Å². The molecule has 0 aliphatic heterocycles. The molecule has 3 amide bonds. The standard InChI is InChI=1S/C26H23Cl2IN4O5/c1-3-37-22-10-16(13-30-33-26(36)25(35)31-19-6-4-5-17(27)11-19)9-20(29)24(22)38-14-23(34)32-21-12-18(28)8-7-15(21)2/h4-13H,3,14H2,1-2H3,(H,31,35)(H,32,34)(H,33,36)/b30-13-. The van der Waals surface area contributed by atoms with Gasteiger partial charge in [-0.15, -0.1) is 0 Å². The summed E-state index contributed by atoms with van der Waals surface area (Å²) in [7, 11) is 0. The highest BCUT2D eigenvalue weighted by Gasteiger charge is 2.16. The predicted molar refractivity (Wildman–Crippen MR) is 156 cm³/mol. The van der Waals surface area contributed by atoms with Crippen molar-refractivity contribution in [3.8, 4) is 11.5 Å². The third-order valence-electron chi connectivity index (χ3n) is 4.82. The summed E-state index contributed by atoms with van der Waals surface area (Å²) in [5.74, 6) is -1.45. The van der Waals surface area contributed by atoms with Crippen molar-refractivity contribution < 1.29 is 23.9 Å². The van der Waals surface area contributed by atoms with Crippen LogP contribution in [0, 0.1) is 10.5 Å². The van der Waals surface area contributed by atoms with Gasteiger partial charge in [0.05, 0.1) is 16.4 Å². The molecule has 0 saturated heterocycles. The van der Waals surface area contributed by atoms with Crippen molar-refractivity contribution in [2.45, 2.75) is 13.8 Å². The topological polar surface area (TPSA) is 118 Å². The van der Waals surface area contributed by atoms with Gasteiger partial charge in [0.1, 0.15) is 0 Å². The van der Waals surface area contributed by atoms with E-state index in [-0.39, 0.29) is 12.5 Å². The van der Waals surface area contributed by atoms with Crippen LogP contribution in [-0.2, 0) is 14.4 Å². The zero-order chi connectivity index (χ0) is 27.7. The fourth-order valence-electron chi connectivity index (χ4n) is 3.09. The molecule has 198 valence electrons. The second-order valence-electron chi connectivity index (χ2n) is 7.72. The van der Waals surface area contributed by atoms with Crippen LogP contribution in [0.2, 0.25) is 10.0 Å². The molecule has 0 heterocycles. The van der Waals surface area contributed by atoms with Crippen LogP contribution in [0.5, 0.6) is 11.5 Å². The maximum atomic E-state index is 12.5. The van der Waals surface area contributed by atoms with E-state index < -0.39 is 11.8 Å². The summed E-state index contributed by atoms with van der Waals surface area (Å²) in [5, 5.41) is 9.98. The lowest BCUT2D eigenvalue weighted by molar-refractivity contribution is -0.136. The van der Waals surface area contributed by atoms with Gasteiger partial charge in [-0.25, -0.2) is 5.43 Å². The Morgan fingerprint density at radius 2 is 1.74 bits per heavy atom. The van der Waals surface area contributed by atoms with Gasteiger partial charge in [0.2, 0.25) is 0 Å². The van der Waals surface area contributed by atoms with Gasteiger partial charge < -0.3 is 20.1 Å². The number of carbonyl (C=O) groups is 3. The number of anilines is 2. The summed E-state index contributed by atoms with van der Waals surface area (Å²) < 4.78 is 12.1. The number of aryl methyl sites for hydroxylation is 1. The van der Waals surface area contributed by atoms with Gasteiger partial charge in [-0.05, 0) is 90.0 Å². The largest absolute Gasteiger partial charge is 0.490 e. The summed E-state index contributed by atoms with van der Waals surface area (Å²) in [6.45, 7) is 3.76. The van der Waals surface area contributed by atoms with Crippen LogP contribution in [-0.4, -0.2) is 37.1 Å². The number of rotatable bonds is 9. The summed E-state index contributed by atoms with van der Waals surface area (Å²) in [5.41, 5.74) is 4.58. The zero-order valence-corrected chi connectivity index (χ0v) is 24.0. The molecule has 3 N–H and O–H groups in total. The molecule has 3 rings (SSSR count). The Hall–Kier alpha value is -3.35. The third kappa shape index (κ3) is 8.61. The van der Waals surface area contributed by atoms with E-state index in [0.29, 0.717) is 48.7 Å². The number of amides is 3. The number of nitrogens with one attached hydrogen (secondary N) is 3. The van der Waals surface area contributed by atoms with E-state index in [1.807, 2.05) is 42.5 Å². The lowest BCUT2D eigenvalue weighted by Gasteiger charge is -2.15. The molecule has 38 heavy (non-hydrogen) atoms. The third-order valence-corrected chi connectivity index (χ3v) is 6.09. The first-order valence-corrected chi connectivity index (χ1v) is 13.0. The molecular weight excluding hydrogens is 646 g/mol. The van der Waals surface area contributed by atoms with Crippen LogP contribution in [0.25, 0.3) is 0 Å². The number of hydrogen-bond donors (Lipinski definition) is 3. The van der Waals surface area contributed by atoms with Crippen LogP contribution in [0.3, 0.4) is 0 Å². The second-order valence-corrected chi connectivity index (χ2v) is 9.76. The highest BCUT2D eigenvalue weighted by molar-refractivity contribution is 14.1. The highest BCUT2D eigenvalue weighted by Crippen LogP contribution is 2.34. The second kappa shape index (κ2) is 14.0. The van der Waals surface area contributed by atoms with Gasteiger partial charge in [0.25, 0.3) is 5.91 Å². The smallest absolute Gasteiger partial charge is 0.329 e. The van der Waals surface area contributed by atoms with Crippen molar-refractivity contribution in [3.63, 3.8) is 0 Å². The van der Waals surface area contributed by atoms with Gasteiger partial charge in [-0.1, -0.05) is 35.3 Å². The first-order valence-electron chi connectivity index (χ1n) is 11.2. The number of hydrazone groups is 1. The first kappa shape index (κ1) is 29.2. The van der Waals surface area contributed by atoms with Crippen molar-refractivity contribution in [2.24, 2.45) is 5.10 Å². The molecule has 0 aliphatic carbocycles. The molecule has 0 fully saturated rings. The minimum Gasteiger partial charge on any atom is -0.490 e. The predicted octanol–water partition coefficient (Wildman–Crippen LogP) is 5.41. The maximum Gasteiger partial charge on any atom is 0.329 e. The van der Waals surface area contributed by atoms with E-state index in [2.05, 4.69) is 21.2 Å². The Balaban J connectivity index is 1.62. The molecule has 0 bridgehead atoms. The van der Waals surface area contributed by atoms with Crippen LogP contribution < -0.4 is 25.5 Å². The average molecular weight is 669 g/mol. The molecule has 0 saturated carbocycles. The molecule has 3 aromatic carbocycles. The minimum absolute atomic E-state index is 0.257. The molecule has 0 unspecified atom stereocenters. The van der Waals surface area contributed by atoms with E-state index >= 15 is 0 Å². The van der Waals surface area contributed by atoms with Gasteiger partial charge >= 0.3 is 11.8 Å². The van der Waals surface area contributed by atoms with Crippen molar-refractivity contribution in [1.29, 1.82) is 0 Å². The van der Waals surface area contributed by atoms with Crippen LogP contribution in [0.15, 0.2) is 59.7 Å². The molecule has 0 aliphatic rings. The molecule has 0 aromatic heterocycles. The van der Waals surface area contributed by atoms with Gasteiger partial charge in [-0.2, -0.15) is 5.10 Å². The summed E-state index contributed by atoms with van der Waals surface area (Å²) in [4.78, 5) is 36.6. The summed E-state index contributed by atoms with van der Waals surface area (Å²) >= 11 is 13.9. The number of carbonyl (C=O) groups excluding carboxylic acids is 3. The zero-order valence-electron chi connectivity index (χ0n) is 20.3. The molecular formula is C26H23Cl2IN4O5. The molecule has 0 radical (unpaired) electrons. The molecule has 0 spiro atoms. The first-order chi connectivity index (χ1) is 18.2. The monoisotopic (exact) mass is 668 g/mol. The van der Waals surface area contributed by atoms with Crippen LogP contribution in [0.1, 0.15) is 18.1 Å². The van der Waals surface area contributed by atoms with E-state index in [0.717, 1.165) is 5.56 Å². The van der Waals surface area contributed by atoms with E-state index in [9.17, 15) is 14.4 Å². The van der Waals surface area contributed by atoms with Crippen molar-refractivity contribution >= 4 is 81.1 Å². The normalized spacial score (nSPS) is 10.7. The van der Waals surface area contributed by atoms with E-state index in [4.69, 9.17) is 32.7 Å². The molecule has 9 nitrogen and oxygen atoms in total. The minimum atomic E-state index is -0.957. The Labute approximate surface area is 243 Å². The van der Waals surface area contributed by atoms with Gasteiger partial charge in [0.15, 0.2) is 18.1 Å². The Kier molecular flexibility index (Phi) is 10.7. The van der Waals surface area contributed by atoms with Crippen LogP contribution >= 0.6 is 45.8 Å². The molecule has 0 atom stereocenters. The lowest BCUT2D eigenvalue weighted by Crippen LogP contribution is -2.32. The summed E-state index contributed by atoms with van der Waals surface area (Å²) in [6.07, 6.45) is 1.35. The Bertz CT molecular complexity index is 1380. The van der Waals surface area contributed by atoms with E-state index in [1.54, 1.807) is 42.5 Å². The Morgan fingerprint density at radius 3 is 2.47 bits per heavy atom. The maximum absolute atomic E-state index is 12.5. The number of benzene rings is 3. The van der Waals surface area contributed by atoms with Crippen LogP contribution in [0.4, 0.5) is 11.4 Å². The molecule has 12 heteroatoms. The number of hydrogen-bond acceptors (Lipinski definition) is 6. The fourth-order valence-corrected chi connectivity index (χ4v) is 4.23. The highest BCUT2D eigenvalue weighted by atomic mass is 127. The van der Waals surface area contributed by atoms with Crippen molar-refractivity contribution in [2.75, 3.05) is 23.8 Å². The van der Waals surface area contributed by atoms with Crippen molar-refractivity contribution in [1.82, 2.24) is 5.43 Å². The fraction of sp³-hybridized carbons (Fsp3) is 0.154. The Morgan fingerprint density at radius 1 is 0.974 bits per heavy atom. The summed E-state index contributed by atoms with van der Waals surface area (Å²) in [6, 6.07) is 15.0. The average Bonchev–Trinajstić information content (AvgIpc) is 2.86. The lowest BCUT2D eigenvalue weighted by atomic mass is 10.2. The quantitative estimate of drug-likeness (QED) is 0.122.